The molecule has 0 radical (unpaired) electrons. The second kappa shape index (κ2) is 7.64. The third kappa shape index (κ3) is 3.90. The van der Waals surface area contributed by atoms with Crippen molar-refractivity contribution in [2.45, 2.75) is 51.2 Å². The fraction of sp³-hybridized carbons (Fsp3) is 0.625. The number of ether oxygens (including phenoxy) is 1. The van der Waals surface area contributed by atoms with E-state index in [1.165, 1.54) is 6.42 Å². The summed E-state index contributed by atoms with van der Waals surface area (Å²) < 4.78 is 6.54. The van der Waals surface area contributed by atoms with Crippen molar-refractivity contribution in [3.05, 3.63) is 48.6 Å². The molecule has 28 heavy (non-hydrogen) atoms. The van der Waals surface area contributed by atoms with Crippen LogP contribution in [0.4, 0.5) is 0 Å². The SMILES string of the molecule is C=CCC(C)(C)CN1C[C@@H]2[C@H](CNC(=O)Cc3ccccc3)[C@H]3CC[C@]2(C1)O3. The molecule has 1 amide bonds. The van der Waals surface area contributed by atoms with Gasteiger partial charge < -0.3 is 10.1 Å². The predicted molar refractivity (Wildman–Crippen MR) is 112 cm³/mol. The van der Waals surface area contributed by atoms with Gasteiger partial charge in [-0.15, -0.1) is 6.58 Å². The Hall–Kier alpha value is -1.65. The van der Waals surface area contributed by atoms with Crippen molar-refractivity contribution in [1.82, 2.24) is 10.2 Å². The highest BCUT2D eigenvalue weighted by molar-refractivity contribution is 5.78. The molecule has 3 aliphatic rings. The van der Waals surface area contributed by atoms with E-state index in [2.05, 4.69) is 30.6 Å². The second-order valence-electron chi connectivity index (χ2n) is 9.82. The minimum Gasteiger partial charge on any atom is -0.370 e. The highest BCUT2D eigenvalue weighted by Gasteiger charge is 2.62. The molecule has 1 aromatic carbocycles. The van der Waals surface area contributed by atoms with E-state index in [9.17, 15) is 4.79 Å². The maximum atomic E-state index is 12.4. The van der Waals surface area contributed by atoms with Gasteiger partial charge in [0.2, 0.25) is 5.91 Å². The first-order valence-corrected chi connectivity index (χ1v) is 10.7. The van der Waals surface area contributed by atoms with Crippen LogP contribution in [-0.4, -0.2) is 48.7 Å². The molecule has 0 unspecified atom stereocenters. The predicted octanol–water partition coefficient (Wildman–Crippen LogP) is 3.43. The summed E-state index contributed by atoms with van der Waals surface area (Å²) in [7, 11) is 0. The monoisotopic (exact) mass is 382 g/mol. The molecule has 4 atom stereocenters. The zero-order valence-electron chi connectivity index (χ0n) is 17.3. The first-order chi connectivity index (χ1) is 13.4. The van der Waals surface area contributed by atoms with E-state index in [1.807, 2.05) is 36.4 Å². The number of carbonyl (C=O) groups excluding carboxylic acids is 1. The number of fused-ring (bicyclic) bond motifs is 1. The van der Waals surface area contributed by atoms with Gasteiger partial charge >= 0.3 is 0 Å². The summed E-state index contributed by atoms with van der Waals surface area (Å²) in [4.78, 5) is 15.0. The number of hydrogen-bond acceptors (Lipinski definition) is 3. The third-order valence-electron chi connectivity index (χ3n) is 6.95. The Morgan fingerprint density at radius 1 is 1.39 bits per heavy atom. The van der Waals surface area contributed by atoms with Gasteiger partial charge in [0.05, 0.1) is 18.1 Å². The minimum absolute atomic E-state index is 0.0315. The average molecular weight is 383 g/mol. The van der Waals surface area contributed by atoms with Crippen LogP contribution in [0, 0.1) is 17.3 Å². The van der Waals surface area contributed by atoms with Crippen LogP contribution in [-0.2, 0) is 16.0 Å². The highest BCUT2D eigenvalue weighted by atomic mass is 16.5. The summed E-state index contributed by atoms with van der Waals surface area (Å²) in [5.74, 6) is 1.11. The largest absolute Gasteiger partial charge is 0.370 e. The Labute approximate surface area is 169 Å². The van der Waals surface area contributed by atoms with Gasteiger partial charge in [-0.05, 0) is 30.2 Å². The second-order valence-corrected chi connectivity index (χ2v) is 9.82. The first kappa shape index (κ1) is 19.7. The third-order valence-corrected chi connectivity index (χ3v) is 6.95. The summed E-state index contributed by atoms with van der Waals surface area (Å²) in [6.45, 7) is 12.5. The summed E-state index contributed by atoms with van der Waals surface area (Å²) >= 11 is 0. The molecule has 4 nitrogen and oxygen atoms in total. The van der Waals surface area contributed by atoms with Crippen LogP contribution in [0.25, 0.3) is 0 Å². The fourth-order valence-electron chi connectivity index (χ4n) is 5.82. The van der Waals surface area contributed by atoms with Crippen LogP contribution < -0.4 is 5.32 Å². The summed E-state index contributed by atoms with van der Waals surface area (Å²) in [5.41, 5.74) is 1.34. The smallest absolute Gasteiger partial charge is 0.224 e. The number of nitrogens with zero attached hydrogens (tertiary/aromatic N) is 1. The van der Waals surface area contributed by atoms with Gasteiger partial charge in [-0.1, -0.05) is 50.3 Å². The van der Waals surface area contributed by atoms with Gasteiger partial charge in [0.15, 0.2) is 0 Å². The van der Waals surface area contributed by atoms with E-state index in [0.29, 0.717) is 24.4 Å². The lowest BCUT2D eigenvalue weighted by Crippen LogP contribution is -2.42. The van der Waals surface area contributed by atoms with Crippen molar-refractivity contribution >= 4 is 5.91 Å². The molecule has 4 rings (SSSR count). The molecule has 1 aromatic rings. The Morgan fingerprint density at radius 2 is 2.18 bits per heavy atom. The van der Waals surface area contributed by atoms with E-state index in [4.69, 9.17) is 4.74 Å². The number of allylic oxidation sites excluding steroid dienone is 1. The average Bonchev–Trinajstić information content (AvgIpc) is 3.28. The molecule has 0 aliphatic carbocycles. The number of likely N-dealkylation sites (tertiary alicyclic amines) is 1. The fourth-order valence-corrected chi connectivity index (χ4v) is 5.82. The van der Waals surface area contributed by atoms with Crippen molar-refractivity contribution < 1.29 is 9.53 Å². The summed E-state index contributed by atoms with van der Waals surface area (Å²) in [5, 5.41) is 3.20. The lowest BCUT2D eigenvalue weighted by Gasteiger charge is -2.30. The van der Waals surface area contributed by atoms with Gasteiger partial charge in [-0.2, -0.15) is 0 Å². The number of rotatable bonds is 8. The van der Waals surface area contributed by atoms with E-state index >= 15 is 0 Å². The Balaban J connectivity index is 1.34. The van der Waals surface area contributed by atoms with Crippen LogP contribution in [0.1, 0.15) is 38.7 Å². The Morgan fingerprint density at radius 3 is 2.93 bits per heavy atom. The summed E-state index contributed by atoms with van der Waals surface area (Å²) in [6, 6.07) is 9.97. The molecule has 152 valence electrons. The van der Waals surface area contributed by atoms with Crippen LogP contribution in [0.15, 0.2) is 43.0 Å². The molecule has 0 saturated carbocycles. The van der Waals surface area contributed by atoms with Crippen LogP contribution in [0.2, 0.25) is 0 Å². The quantitative estimate of drug-likeness (QED) is 0.701. The Bertz CT molecular complexity index is 717. The number of hydrogen-bond donors (Lipinski definition) is 1. The summed E-state index contributed by atoms with van der Waals surface area (Å²) in [6.07, 6.45) is 6.16. The van der Waals surface area contributed by atoms with Crippen molar-refractivity contribution in [3.8, 4) is 0 Å². The van der Waals surface area contributed by atoms with Crippen molar-refractivity contribution in [2.24, 2.45) is 17.3 Å². The number of amides is 1. The zero-order valence-corrected chi connectivity index (χ0v) is 17.3. The minimum atomic E-state index is 0.0315. The highest BCUT2D eigenvalue weighted by Crippen LogP contribution is 2.54. The van der Waals surface area contributed by atoms with E-state index in [0.717, 1.165) is 44.6 Å². The van der Waals surface area contributed by atoms with Gasteiger partial charge in [0.1, 0.15) is 0 Å². The molecule has 1 N–H and O–H groups in total. The molecule has 4 heteroatoms. The molecule has 0 aromatic heterocycles. The van der Waals surface area contributed by atoms with Crippen LogP contribution >= 0.6 is 0 Å². The topological polar surface area (TPSA) is 41.6 Å². The molecular weight excluding hydrogens is 348 g/mol. The maximum absolute atomic E-state index is 12.4. The van der Waals surface area contributed by atoms with Gasteiger partial charge in [-0.3, -0.25) is 9.69 Å². The molecule has 3 heterocycles. The van der Waals surface area contributed by atoms with E-state index in [-0.39, 0.29) is 16.9 Å². The molecule has 1 spiro atoms. The van der Waals surface area contributed by atoms with E-state index < -0.39 is 0 Å². The molecule has 3 fully saturated rings. The lowest BCUT2D eigenvalue weighted by atomic mass is 9.73. The van der Waals surface area contributed by atoms with Crippen molar-refractivity contribution in [1.29, 1.82) is 0 Å². The normalized spacial score (nSPS) is 31.7. The maximum Gasteiger partial charge on any atom is 0.224 e. The zero-order chi connectivity index (χ0) is 19.8. The van der Waals surface area contributed by atoms with Crippen LogP contribution in [0.3, 0.4) is 0 Å². The van der Waals surface area contributed by atoms with E-state index in [1.54, 1.807) is 0 Å². The number of nitrogens with one attached hydrogen (secondary N) is 1. The van der Waals surface area contributed by atoms with Gasteiger partial charge in [-0.25, -0.2) is 0 Å². The van der Waals surface area contributed by atoms with Gasteiger partial charge in [0, 0.05) is 38.0 Å². The molecule has 2 bridgehead atoms. The Kier molecular flexibility index (Phi) is 5.36. The molecule has 3 saturated heterocycles. The van der Waals surface area contributed by atoms with Gasteiger partial charge in [0.25, 0.3) is 0 Å². The van der Waals surface area contributed by atoms with Crippen molar-refractivity contribution in [2.75, 3.05) is 26.2 Å². The van der Waals surface area contributed by atoms with Crippen LogP contribution in [0.5, 0.6) is 0 Å². The number of benzene rings is 1. The van der Waals surface area contributed by atoms with Crippen molar-refractivity contribution in [3.63, 3.8) is 0 Å². The first-order valence-electron chi connectivity index (χ1n) is 10.7. The lowest BCUT2D eigenvalue weighted by molar-refractivity contribution is -0.120. The number of carbonyl (C=O) groups is 1. The molecule has 3 aliphatic heterocycles. The standard InChI is InChI=1S/C24H34N2O2/c1-4-11-23(2,3)16-26-15-20-19(21-10-12-24(20,17-26)28-21)14-25-22(27)13-18-8-6-5-7-9-18/h4-9,19-21H,1,10-17H2,2-3H3,(H,25,27)/t19-,20+,21+,24+/m0/s1. The molecular formula is C24H34N2O2.